The third-order valence-corrected chi connectivity index (χ3v) is 4.15. The average Bonchev–Trinajstić information content (AvgIpc) is 2.70. The summed E-state index contributed by atoms with van der Waals surface area (Å²) in [6.07, 6.45) is 4.56. The summed E-state index contributed by atoms with van der Waals surface area (Å²) in [7, 11) is 0. The molecule has 0 bridgehead atoms. The molecule has 2 N–H and O–H groups in total. The van der Waals surface area contributed by atoms with Crippen LogP contribution in [0.4, 0.5) is 28.8 Å². The second-order valence-electron chi connectivity index (χ2n) is 5.97. The molecule has 0 unspecified atom stereocenters. The van der Waals surface area contributed by atoms with Gasteiger partial charge in [0.25, 0.3) is 0 Å². The predicted octanol–water partition coefficient (Wildman–Crippen LogP) is 4.12. The van der Waals surface area contributed by atoms with Crippen LogP contribution in [0.25, 0.3) is 10.9 Å². The fraction of sp³-hybridized carbons (Fsp3) is 0.0526. The van der Waals surface area contributed by atoms with Crippen LogP contribution in [0.5, 0.6) is 0 Å². The molecule has 4 rings (SSSR count). The number of fused-ring (bicyclic) bond motifs is 1. The Labute approximate surface area is 159 Å². The van der Waals surface area contributed by atoms with Gasteiger partial charge in [-0.3, -0.25) is 15.1 Å². The summed E-state index contributed by atoms with van der Waals surface area (Å²) in [6.45, 7) is 1.85. The highest BCUT2D eigenvalue weighted by molar-refractivity contribution is 5.93. The quantitative estimate of drug-likeness (QED) is 0.396. The van der Waals surface area contributed by atoms with Crippen molar-refractivity contribution in [2.24, 2.45) is 0 Å². The first-order valence-electron chi connectivity index (χ1n) is 8.42. The average molecular weight is 373 g/mol. The zero-order chi connectivity index (χ0) is 19.5. The topological polar surface area (TPSA) is 119 Å². The SMILES string of the molecule is Cc1cccnc1Nc1ncnc(Nc2cccc3ncccc23)c1[N+](=O)[O-]. The Balaban J connectivity index is 1.77. The van der Waals surface area contributed by atoms with Gasteiger partial charge in [-0.2, -0.15) is 0 Å². The number of aromatic nitrogens is 4. The molecule has 0 aliphatic heterocycles. The molecule has 0 radical (unpaired) electrons. The summed E-state index contributed by atoms with van der Waals surface area (Å²) in [5.74, 6) is 0.625. The molecule has 0 atom stereocenters. The number of pyridine rings is 2. The van der Waals surface area contributed by atoms with Crippen molar-refractivity contribution < 1.29 is 4.92 Å². The number of hydrogen-bond donors (Lipinski definition) is 2. The fourth-order valence-electron chi connectivity index (χ4n) is 2.80. The first-order valence-corrected chi connectivity index (χ1v) is 8.42. The molecular weight excluding hydrogens is 358 g/mol. The predicted molar refractivity (Wildman–Crippen MR) is 106 cm³/mol. The Morgan fingerprint density at radius 1 is 0.857 bits per heavy atom. The first kappa shape index (κ1) is 17.3. The number of benzene rings is 1. The second-order valence-corrected chi connectivity index (χ2v) is 5.97. The molecule has 0 aliphatic rings. The molecule has 0 aliphatic carbocycles. The first-order chi connectivity index (χ1) is 13.6. The van der Waals surface area contributed by atoms with Gasteiger partial charge in [0.2, 0.25) is 11.6 Å². The van der Waals surface area contributed by atoms with Crippen LogP contribution in [0, 0.1) is 17.0 Å². The fourth-order valence-corrected chi connectivity index (χ4v) is 2.80. The molecule has 4 aromatic rings. The van der Waals surface area contributed by atoms with Crippen LogP contribution in [-0.2, 0) is 0 Å². The highest BCUT2D eigenvalue weighted by atomic mass is 16.6. The molecule has 0 saturated heterocycles. The minimum atomic E-state index is -0.522. The van der Waals surface area contributed by atoms with Crippen molar-refractivity contribution in [3.8, 4) is 0 Å². The van der Waals surface area contributed by atoms with E-state index in [1.807, 2.05) is 37.3 Å². The third kappa shape index (κ3) is 3.28. The van der Waals surface area contributed by atoms with Crippen molar-refractivity contribution in [2.45, 2.75) is 6.92 Å². The summed E-state index contributed by atoms with van der Waals surface area (Å²) < 4.78 is 0. The molecule has 9 nitrogen and oxygen atoms in total. The maximum absolute atomic E-state index is 11.8. The van der Waals surface area contributed by atoms with E-state index in [4.69, 9.17) is 0 Å². The van der Waals surface area contributed by atoms with E-state index in [0.717, 1.165) is 16.5 Å². The monoisotopic (exact) mass is 373 g/mol. The van der Waals surface area contributed by atoms with Gasteiger partial charge in [-0.1, -0.05) is 12.1 Å². The van der Waals surface area contributed by atoms with Gasteiger partial charge in [-0.05, 0) is 42.8 Å². The minimum Gasteiger partial charge on any atom is -0.334 e. The summed E-state index contributed by atoms with van der Waals surface area (Å²) in [5, 5.41) is 18.6. The summed E-state index contributed by atoms with van der Waals surface area (Å²) in [5.41, 5.74) is 2.00. The highest BCUT2D eigenvalue weighted by Crippen LogP contribution is 2.34. The van der Waals surface area contributed by atoms with Gasteiger partial charge in [-0.25, -0.2) is 15.0 Å². The van der Waals surface area contributed by atoms with Crippen molar-refractivity contribution in [3.05, 3.63) is 76.9 Å². The van der Waals surface area contributed by atoms with Gasteiger partial charge >= 0.3 is 5.69 Å². The summed E-state index contributed by atoms with van der Waals surface area (Å²) in [4.78, 5) is 27.9. The molecule has 3 heterocycles. The number of rotatable bonds is 5. The molecule has 28 heavy (non-hydrogen) atoms. The normalized spacial score (nSPS) is 10.6. The molecular formula is C19H15N7O2. The van der Waals surface area contributed by atoms with Crippen LogP contribution < -0.4 is 10.6 Å². The van der Waals surface area contributed by atoms with Crippen molar-refractivity contribution in [3.63, 3.8) is 0 Å². The van der Waals surface area contributed by atoms with Crippen LogP contribution in [0.2, 0.25) is 0 Å². The summed E-state index contributed by atoms with van der Waals surface area (Å²) >= 11 is 0. The van der Waals surface area contributed by atoms with Crippen LogP contribution in [0.1, 0.15) is 5.56 Å². The van der Waals surface area contributed by atoms with E-state index < -0.39 is 4.92 Å². The third-order valence-electron chi connectivity index (χ3n) is 4.15. The Morgan fingerprint density at radius 3 is 2.39 bits per heavy atom. The van der Waals surface area contributed by atoms with E-state index >= 15 is 0 Å². The molecule has 0 fully saturated rings. The molecule has 0 saturated carbocycles. The Bertz CT molecular complexity index is 1170. The Morgan fingerprint density at radius 2 is 1.61 bits per heavy atom. The Kier molecular flexibility index (Phi) is 4.47. The van der Waals surface area contributed by atoms with Crippen LogP contribution in [0.15, 0.2) is 61.2 Å². The van der Waals surface area contributed by atoms with Gasteiger partial charge < -0.3 is 10.6 Å². The molecule has 0 spiro atoms. The zero-order valence-electron chi connectivity index (χ0n) is 14.8. The van der Waals surface area contributed by atoms with Gasteiger partial charge in [0.1, 0.15) is 12.1 Å². The number of nitro groups is 1. The lowest BCUT2D eigenvalue weighted by molar-refractivity contribution is -0.383. The molecule has 1 aromatic carbocycles. The smallest absolute Gasteiger partial charge is 0.334 e. The number of hydrogen-bond acceptors (Lipinski definition) is 8. The standard InChI is InChI=1S/C19H15N7O2/c1-12-5-3-10-21-17(12)25-19-16(26(27)28)18(22-11-23-19)24-15-8-2-7-14-13(15)6-4-9-20-14/h2-11H,1H3,(H2,21,22,23,24,25). The van der Waals surface area contributed by atoms with E-state index in [-0.39, 0.29) is 17.3 Å². The maximum atomic E-state index is 11.8. The maximum Gasteiger partial charge on any atom is 0.353 e. The number of nitrogens with one attached hydrogen (secondary N) is 2. The lowest BCUT2D eigenvalue weighted by Gasteiger charge is -2.12. The van der Waals surface area contributed by atoms with E-state index in [1.165, 1.54) is 6.33 Å². The minimum absolute atomic E-state index is 0.0580. The zero-order valence-corrected chi connectivity index (χ0v) is 14.8. The van der Waals surface area contributed by atoms with Crippen LogP contribution in [-0.4, -0.2) is 24.9 Å². The van der Waals surface area contributed by atoms with Crippen LogP contribution in [0.3, 0.4) is 0 Å². The van der Waals surface area contributed by atoms with E-state index in [9.17, 15) is 10.1 Å². The molecule has 3 aromatic heterocycles. The van der Waals surface area contributed by atoms with Gasteiger partial charge in [0.15, 0.2) is 0 Å². The molecule has 138 valence electrons. The summed E-state index contributed by atoms with van der Waals surface area (Å²) in [6, 6.07) is 12.8. The van der Waals surface area contributed by atoms with Crippen molar-refractivity contribution in [1.82, 2.24) is 19.9 Å². The van der Waals surface area contributed by atoms with Crippen LogP contribution >= 0.6 is 0 Å². The van der Waals surface area contributed by atoms with E-state index in [2.05, 4.69) is 30.6 Å². The molecule has 0 amide bonds. The second kappa shape index (κ2) is 7.23. The number of anilines is 4. The van der Waals surface area contributed by atoms with Crippen molar-refractivity contribution >= 4 is 39.7 Å². The van der Waals surface area contributed by atoms with E-state index in [1.54, 1.807) is 24.5 Å². The van der Waals surface area contributed by atoms with Crippen molar-refractivity contribution in [2.75, 3.05) is 10.6 Å². The Hall–Kier alpha value is -4.14. The number of nitrogens with zero attached hydrogens (tertiary/aromatic N) is 5. The lowest BCUT2D eigenvalue weighted by atomic mass is 10.2. The van der Waals surface area contributed by atoms with Crippen molar-refractivity contribution in [1.29, 1.82) is 0 Å². The van der Waals surface area contributed by atoms with Gasteiger partial charge in [-0.15, -0.1) is 0 Å². The van der Waals surface area contributed by atoms with E-state index in [0.29, 0.717) is 11.5 Å². The van der Waals surface area contributed by atoms with Gasteiger partial charge in [0.05, 0.1) is 10.4 Å². The highest BCUT2D eigenvalue weighted by Gasteiger charge is 2.24. The van der Waals surface area contributed by atoms with Gasteiger partial charge in [0, 0.05) is 23.5 Å². The lowest BCUT2D eigenvalue weighted by Crippen LogP contribution is -2.07. The molecule has 9 heteroatoms. The number of aryl methyl sites for hydroxylation is 1. The largest absolute Gasteiger partial charge is 0.353 e.